The molecule has 1 N–H and O–H groups in total. The van der Waals surface area contributed by atoms with E-state index in [4.69, 9.17) is 9.51 Å². The van der Waals surface area contributed by atoms with Gasteiger partial charge < -0.3 is 9.63 Å². The van der Waals surface area contributed by atoms with Gasteiger partial charge in [-0.15, -0.1) is 0 Å². The Bertz CT molecular complexity index is 920. The molecule has 1 aromatic carbocycles. The van der Waals surface area contributed by atoms with E-state index in [1.165, 1.54) is 0 Å². The fourth-order valence-electron chi connectivity index (χ4n) is 3.60. The number of aromatic nitrogens is 3. The summed E-state index contributed by atoms with van der Waals surface area (Å²) in [6, 6.07) is 7.41. The van der Waals surface area contributed by atoms with Gasteiger partial charge in [0, 0.05) is 12.1 Å². The number of fused-ring (bicyclic) bond motifs is 1. The molecule has 2 aromatic heterocycles. The van der Waals surface area contributed by atoms with Crippen LogP contribution in [0.3, 0.4) is 0 Å². The number of para-hydroxylation sites is 1. The number of likely N-dealkylation sites (tertiary alicyclic amines) is 1. The van der Waals surface area contributed by atoms with E-state index < -0.39 is 0 Å². The minimum absolute atomic E-state index is 0.0405. The summed E-state index contributed by atoms with van der Waals surface area (Å²) in [6.07, 6.45) is 5.33. The van der Waals surface area contributed by atoms with Crippen LogP contribution < -0.4 is 5.56 Å². The fraction of sp³-hybridized carbons (Fsp3) is 0.389. The summed E-state index contributed by atoms with van der Waals surface area (Å²) >= 11 is 0. The Labute approximate surface area is 144 Å². The normalized spacial score (nSPS) is 18.2. The molecule has 1 atom stereocenters. The molecule has 130 valence electrons. The number of aliphatic hydroxyl groups excluding tert-OH is 1. The molecule has 7 nitrogen and oxygen atoms in total. The van der Waals surface area contributed by atoms with Crippen LogP contribution in [0, 0.1) is 0 Å². The SMILES string of the molecule is O=c1c2ccccc2nc(C2CCCN2Cc2cnoc2)n1CCO. The van der Waals surface area contributed by atoms with Crippen LogP contribution in [-0.4, -0.2) is 37.9 Å². The molecule has 0 saturated carbocycles. The molecule has 1 unspecified atom stereocenters. The zero-order chi connectivity index (χ0) is 17.2. The maximum absolute atomic E-state index is 12.9. The zero-order valence-electron chi connectivity index (χ0n) is 13.8. The molecule has 0 spiro atoms. The predicted octanol–water partition coefficient (Wildman–Crippen LogP) is 1.71. The molecule has 0 aliphatic carbocycles. The van der Waals surface area contributed by atoms with Gasteiger partial charge in [0.2, 0.25) is 0 Å². The maximum atomic E-state index is 12.9. The highest BCUT2D eigenvalue weighted by Crippen LogP contribution is 2.32. The molecule has 1 fully saturated rings. The quantitative estimate of drug-likeness (QED) is 0.761. The molecule has 0 amide bonds. The first-order chi connectivity index (χ1) is 12.3. The second-order valence-electron chi connectivity index (χ2n) is 6.33. The van der Waals surface area contributed by atoms with E-state index in [1.807, 2.05) is 18.2 Å². The number of hydrogen-bond donors (Lipinski definition) is 1. The van der Waals surface area contributed by atoms with Crippen LogP contribution in [0.25, 0.3) is 10.9 Å². The number of benzene rings is 1. The molecule has 1 aliphatic rings. The van der Waals surface area contributed by atoms with Crippen LogP contribution in [0.5, 0.6) is 0 Å². The molecule has 4 rings (SSSR count). The van der Waals surface area contributed by atoms with Gasteiger partial charge in [0.05, 0.1) is 36.3 Å². The van der Waals surface area contributed by atoms with Gasteiger partial charge >= 0.3 is 0 Å². The van der Waals surface area contributed by atoms with E-state index in [0.29, 0.717) is 17.4 Å². The van der Waals surface area contributed by atoms with E-state index in [-0.39, 0.29) is 24.8 Å². The molecule has 7 heteroatoms. The van der Waals surface area contributed by atoms with Crippen molar-refractivity contribution in [1.29, 1.82) is 0 Å². The van der Waals surface area contributed by atoms with E-state index in [9.17, 15) is 9.90 Å². The Morgan fingerprint density at radius 1 is 1.32 bits per heavy atom. The Morgan fingerprint density at radius 3 is 3.00 bits per heavy atom. The summed E-state index contributed by atoms with van der Waals surface area (Å²) in [7, 11) is 0. The maximum Gasteiger partial charge on any atom is 0.261 e. The summed E-state index contributed by atoms with van der Waals surface area (Å²) in [5.41, 5.74) is 1.61. The summed E-state index contributed by atoms with van der Waals surface area (Å²) < 4.78 is 6.55. The average Bonchev–Trinajstić information content (AvgIpc) is 3.30. The first-order valence-electron chi connectivity index (χ1n) is 8.50. The first-order valence-corrected chi connectivity index (χ1v) is 8.50. The van der Waals surface area contributed by atoms with Crippen molar-refractivity contribution in [3.05, 3.63) is 58.5 Å². The third-order valence-corrected chi connectivity index (χ3v) is 4.75. The van der Waals surface area contributed by atoms with Crippen molar-refractivity contribution in [3.8, 4) is 0 Å². The topological polar surface area (TPSA) is 84.4 Å². The van der Waals surface area contributed by atoms with Crippen LogP contribution in [0.4, 0.5) is 0 Å². The van der Waals surface area contributed by atoms with Crippen LogP contribution in [0.2, 0.25) is 0 Å². The average molecular weight is 340 g/mol. The zero-order valence-corrected chi connectivity index (χ0v) is 13.8. The van der Waals surface area contributed by atoms with Gasteiger partial charge in [-0.05, 0) is 31.5 Å². The largest absolute Gasteiger partial charge is 0.395 e. The lowest BCUT2D eigenvalue weighted by atomic mass is 10.1. The lowest BCUT2D eigenvalue weighted by Crippen LogP contribution is -2.32. The highest BCUT2D eigenvalue weighted by Gasteiger charge is 2.30. The summed E-state index contributed by atoms with van der Waals surface area (Å²) in [5, 5.41) is 13.8. The van der Waals surface area contributed by atoms with E-state index in [2.05, 4.69) is 10.1 Å². The van der Waals surface area contributed by atoms with Crippen LogP contribution >= 0.6 is 0 Å². The van der Waals surface area contributed by atoms with Crippen LogP contribution in [0.1, 0.15) is 30.3 Å². The minimum Gasteiger partial charge on any atom is -0.395 e. The highest BCUT2D eigenvalue weighted by atomic mass is 16.5. The van der Waals surface area contributed by atoms with Gasteiger partial charge in [0.1, 0.15) is 12.1 Å². The third kappa shape index (κ3) is 2.96. The van der Waals surface area contributed by atoms with Gasteiger partial charge in [-0.2, -0.15) is 0 Å². The van der Waals surface area contributed by atoms with Crippen molar-refractivity contribution in [2.75, 3.05) is 13.2 Å². The first kappa shape index (κ1) is 16.0. The van der Waals surface area contributed by atoms with Crippen molar-refractivity contribution in [1.82, 2.24) is 19.6 Å². The molecule has 0 bridgehead atoms. The van der Waals surface area contributed by atoms with E-state index >= 15 is 0 Å². The molecule has 0 radical (unpaired) electrons. The summed E-state index contributed by atoms with van der Waals surface area (Å²) in [5.74, 6) is 0.728. The summed E-state index contributed by atoms with van der Waals surface area (Å²) in [4.78, 5) is 20.0. The van der Waals surface area contributed by atoms with E-state index in [0.717, 1.165) is 30.8 Å². The molecule has 3 aromatic rings. The number of aliphatic hydroxyl groups is 1. The van der Waals surface area contributed by atoms with Crippen molar-refractivity contribution in [2.24, 2.45) is 0 Å². The Kier molecular flexibility index (Phi) is 4.33. The second-order valence-corrected chi connectivity index (χ2v) is 6.33. The van der Waals surface area contributed by atoms with Gasteiger partial charge in [-0.25, -0.2) is 4.98 Å². The van der Waals surface area contributed by atoms with E-state index in [1.54, 1.807) is 23.1 Å². The van der Waals surface area contributed by atoms with Gasteiger partial charge in [-0.3, -0.25) is 14.3 Å². The molecular weight excluding hydrogens is 320 g/mol. The molecule has 3 heterocycles. The summed E-state index contributed by atoms with van der Waals surface area (Å²) in [6.45, 7) is 1.79. The van der Waals surface area contributed by atoms with Crippen molar-refractivity contribution < 1.29 is 9.63 Å². The monoisotopic (exact) mass is 340 g/mol. The second kappa shape index (κ2) is 6.78. The van der Waals surface area contributed by atoms with Crippen molar-refractivity contribution in [2.45, 2.75) is 32.0 Å². The number of rotatable bonds is 5. The Balaban J connectivity index is 1.78. The molecular formula is C18H20N4O3. The Morgan fingerprint density at radius 2 is 2.20 bits per heavy atom. The van der Waals surface area contributed by atoms with Gasteiger partial charge in [-0.1, -0.05) is 17.3 Å². The van der Waals surface area contributed by atoms with Crippen molar-refractivity contribution >= 4 is 10.9 Å². The van der Waals surface area contributed by atoms with Crippen LogP contribution in [-0.2, 0) is 13.1 Å². The highest BCUT2D eigenvalue weighted by molar-refractivity contribution is 5.77. The van der Waals surface area contributed by atoms with Gasteiger partial charge in [0.25, 0.3) is 5.56 Å². The van der Waals surface area contributed by atoms with Crippen LogP contribution in [0.15, 0.2) is 46.0 Å². The minimum atomic E-state index is -0.0920. The number of nitrogens with zero attached hydrogens (tertiary/aromatic N) is 4. The lowest BCUT2D eigenvalue weighted by Gasteiger charge is -2.25. The third-order valence-electron chi connectivity index (χ3n) is 4.75. The smallest absolute Gasteiger partial charge is 0.261 e. The predicted molar refractivity (Wildman–Crippen MR) is 92.0 cm³/mol. The standard InChI is InChI=1S/C18H20N4O3/c23-9-8-22-17(20-15-5-2-1-4-14(15)18(22)24)16-6-3-7-21(16)11-13-10-19-25-12-13/h1-2,4-5,10,12,16,23H,3,6-9,11H2. The Hall–Kier alpha value is -2.51. The molecule has 25 heavy (non-hydrogen) atoms. The lowest BCUT2D eigenvalue weighted by molar-refractivity contribution is 0.223. The fourth-order valence-corrected chi connectivity index (χ4v) is 3.60. The molecule has 1 saturated heterocycles. The van der Waals surface area contributed by atoms with Crippen molar-refractivity contribution in [3.63, 3.8) is 0 Å². The van der Waals surface area contributed by atoms with Gasteiger partial charge in [0.15, 0.2) is 0 Å². The number of hydrogen-bond acceptors (Lipinski definition) is 6. The molecule has 1 aliphatic heterocycles.